The van der Waals surface area contributed by atoms with Crippen LogP contribution >= 0.6 is 0 Å². The van der Waals surface area contributed by atoms with E-state index in [0.717, 1.165) is 22.9 Å². The second-order valence-electron chi connectivity index (χ2n) is 6.90. The summed E-state index contributed by atoms with van der Waals surface area (Å²) < 4.78 is 26.9. The minimum absolute atomic E-state index is 0.337. The first-order valence-corrected chi connectivity index (χ1v) is 9.52. The molecule has 2 aromatic rings. The predicted molar refractivity (Wildman–Crippen MR) is 86.4 cm³/mol. The smallest absolute Gasteiger partial charge is 0.156 e. The topological polar surface area (TPSA) is 59.3 Å². The second kappa shape index (κ2) is 4.59. The lowest BCUT2D eigenvalue weighted by Crippen LogP contribution is -2.50. The summed E-state index contributed by atoms with van der Waals surface area (Å²) in [4.78, 5) is 0. The van der Waals surface area contributed by atoms with Crippen LogP contribution in [0.2, 0.25) is 0 Å². The maximum absolute atomic E-state index is 12.4. The van der Waals surface area contributed by atoms with Crippen molar-refractivity contribution in [2.24, 2.45) is 7.05 Å². The van der Waals surface area contributed by atoms with Gasteiger partial charge in [0.2, 0.25) is 0 Å². The van der Waals surface area contributed by atoms with Gasteiger partial charge in [0.15, 0.2) is 9.84 Å². The highest BCUT2D eigenvalue weighted by Gasteiger charge is 2.50. The highest BCUT2D eigenvalue weighted by molar-refractivity contribution is 7.92. The molecule has 1 aromatic carbocycles. The van der Waals surface area contributed by atoms with Crippen molar-refractivity contribution >= 4 is 20.7 Å². The standard InChI is InChI=1S/C17H21NO3S/c1-18-8-7-12-9-13(5-6-16(12)18)17(19)10-14-3-2-4-15(11-17)22(14,20)21/h5-9,14-15,19H,2-4,10-11H2,1H3. The number of nitrogens with zero attached hydrogens (tertiary/aromatic N) is 1. The Morgan fingerprint density at radius 1 is 1.18 bits per heavy atom. The average Bonchev–Trinajstić information content (AvgIpc) is 2.82. The molecule has 0 amide bonds. The fourth-order valence-electron chi connectivity index (χ4n) is 4.25. The number of sulfone groups is 1. The summed E-state index contributed by atoms with van der Waals surface area (Å²) in [7, 11) is -1.05. The van der Waals surface area contributed by atoms with Crippen molar-refractivity contribution in [3.8, 4) is 0 Å². The van der Waals surface area contributed by atoms with Crippen LogP contribution in [0.3, 0.4) is 0 Å². The molecule has 2 atom stereocenters. The van der Waals surface area contributed by atoms with E-state index in [1.807, 2.05) is 42.1 Å². The normalized spacial score (nSPS) is 33.9. The van der Waals surface area contributed by atoms with E-state index in [1.54, 1.807) is 0 Å². The molecule has 5 heteroatoms. The molecule has 2 bridgehead atoms. The highest BCUT2D eigenvalue weighted by Crippen LogP contribution is 2.46. The summed E-state index contributed by atoms with van der Waals surface area (Å²) in [5.74, 6) is 0. The molecule has 22 heavy (non-hydrogen) atoms. The minimum Gasteiger partial charge on any atom is -0.385 e. The van der Waals surface area contributed by atoms with Crippen molar-refractivity contribution in [1.82, 2.24) is 4.57 Å². The van der Waals surface area contributed by atoms with Gasteiger partial charge in [0, 0.05) is 18.8 Å². The van der Waals surface area contributed by atoms with Gasteiger partial charge in [-0.2, -0.15) is 0 Å². The fraction of sp³-hybridized carbons (Fsp3) is 0.529. The number of aryl methyl sites for hydroxylation is 1. The lowest BCUT2D eigenvalue weighted by atomic mass is 9.80. The van der Waals surface area contributed by atoms with E-state index in [0.29, 0.717) is 25.7 Å². The fourth-order valence-corrected chi connectivity index (χ4v) is 6.80. The van der Waals surface area contributed by atoms with Gasteiger partial charge in [0.25, 0.3) is 0 Å². The number of benzene rings is 1. The van der Waals surface area contributed by atoms with Crippen LogP contribution in [0.1, 0.15) is 37.7 Å². The van der Waals surface area contributed by atoms with Crippen LogP contribution in [0.15, 0.2) is 30.5 Å². The average molecular weight is 319 g/mol. The highest BCUT2D eigenvalue weighted by atomic mass is 32.2. The quantitative estimate of drug-likeness (QED) is 0.878. The second-order valence-corrected chi connectivity index (χ2v) is 9.42. The lowest BCUT2D eigenvalue weighted by molar-refractivity contribution is 0.00512. The maximum Gasteiger partial charge on any atom is 0.156 e. The molecule has 118 valence electrons. The first-order valence-electron chi connectivity index (χ1n) is 7.91. The number of aromatic nitrogens is 1. The Morgan fingerprint density at radius 3 is 2.55 bits per heavy atom. The lowest BCUT2D eigenvalue weighted by Gasteiger charge is -2.44. The summed E-state index contributed by atoms with van der Waals surface area (Å²) in [5, 5.41) is 11.5. The number of fused-ring (bicyclic) bond motifs is 3. The van der Waals surface area contributed by atoms with Gasteiger partial charge < -0.3 is 9.67 Å². The third-order valence-electron chi connectivity index (χ3n) is 5.53. The van der Waals surface area contributed by atoms with Crippen molar-refractivity contribution in [1.29, 1.82) is 0 Å². The van der Waals surface area contributed by atoms with Gasteiger partial charge in [-0.3, -0.25) is 0 Å². The predicted octanol–water partition coefficient (Wildman–Crippen LogP) is 2.50. The van der Waals surface area contributed by atoms with Gasteiger partial charge in [0.05, 0.1) is 16.1 Å². The molecule has 1 N–H and O–H groups in total. The molecule has 4 rings (SSSR count). The van der Waals surface area contributed by atoms with Crippen LogP contribution in [0.5, 0.6) is 0 Å². The molecule has 3 heterocycles. The van der Waals surface area contributed by atoms with E-state index in [9.17, 15) is 13.5 Å². The van der Waals surface area contributed by atoms with Gasteiger partial charge in [-0.25, -0.2) is 8.42 Å². The first kappa shape index (κ1) is 14.3. The maximum atomic E-state index is 12.4. The first-order chi connectivity index (χ1) is 10.4. The largest absolute Gasteiger partial charge is 0.385 e. The number of hydrogen-bond acceptors (Lipinski definition) is 3. The van der Waals surface area contributed by atoms with Gasteiger partial charge in [-0.15, -0.1) is 0 Å². The third-order valence-corrected chi connectivity index (χ3v) is 8.20. The summed E-state index contributed by atoms with van der Waals surface area (Å²) in [5.41, 5.74) is 0.972. The SMILES string of the molecule is Cn1ccc2cc(C3(O)CC4CCCC(C3)S4(=O)=O)ccc21. The molecule has 0 aliphatic carbocycles. The zero-order valence-electron chi connectivity index (χ0n) is 12.7. The Morgan fingerprint density at radius 2 is 1.86 bits per heavy atom. The molecular formula is C17H21NO3S. The molecular weight excluding hydrogens is 298 g/mol. The Bertz CT molecular complexity index is 817. The van der Waals surface area contributed by atoms with E-state index >= 15 is 0 Å². The number of rotatable bonds is 1. The van der Waals surface area contributed by atoms with Crippen LogP contribution in [-0.4, -0.2) is 28.6 Å². The van der Waals surface area contributed by atoms with Crippen LogP contribution in [0.25, 0.3) is 10.9 Å². The summed E-state index contributed by atoms with van der Waals surface area (Å²) in [6.45, 7) is 0. The van der Waals surface area contributed by atoms with Crippen molar-refractivity contribution in [2.45, 2.75) is 48.2 Å². The number of aliphatic hydroxyl groups is 1. The van der Waals surface area contributed by atoms with Crippen LogP contribution in [0.4, 0.5) is 0 Å². The third kappa shape index (κ3) is 1.95. The van der Waals surface area contributed by atoms with E-state index in [2.05, 4.69) is 0 Å². The molecule has 2 fully saturated rings. The Kier molecular flexibility index (Phi) is 2.97. The monoisotopic (exact) mass is 319 g/mol. The van der Waals surface area contributed by atoms with Gasteiger partial charge in [0.1, 0.15) is 0 Å². The Balaban J connectivity index is 1.77. The molecule has 0 spiro atoms. The molecule has 4 nitrogen and oxygen atoms in total. The van der Waals surface area contributed by atoms with Crippen molar-refractivity contribution < 1.29 is 13.5 Å². The van der Waals surface area contributed by atoms with Crippen LogP contribution in [0, 0.1) is 0 Å². The van der Waals surface area contributed by atoms with E-state index in [1.165, 1.54) is 0 Å². The molecule has 2 unspecified atom stereocenters. The Labute approximate surface area is 130 Å². The van der Waals surface area contributed by atoms with Crippen LogP contribution < -0.4 is 0 Å². The van der Waals surface area contributed by atoms with Gasteiger partial charge in [-0.05, 0) is 54.8 Å². The molecule has 2 aliphatic heterocycles. The molecule has 1 aromatic heterocycles. The van der Waals surface area contributed by atoms with Crippen molar-refractivity contribution in [3.63, 3.8) is 0 Å². The molecule has 0 saturated carbocycles. The van der Waals surface area contributed by atoms with Crippen molar-refractivity contribution in [2.75, 3.05) is 0 Å². The summed E-state index contributed by atoms with van der Waals surface area (Å²) >= 11 is 0. The number of hydrogen-bond donors (Lipinski definition) is 1. The zero-order chi connectivity index (χ0) is 15.5. The van der Waals surface area contributed by atoms with E-state index in [-0.39, 0.29) is 10.5 Å². The molecule has 2 saturated heterocycles. The van der Waals surface area contributed by atoms with Gasteiger partial charge in [-0.1, -0.05) is 12.5 Å². The zero-order valence-corrected chi connectivity index (χ0v) is 13.5. The minimum atomic E-state index is -3.05. The molecule has 2 aliphatic rings. The van der Waals surface area contributed by atoms with E-state index < -0.39 is 15.4 Å². The molecule has 0 radical (unpaired) electrons. The summed E-state index contributed by atoms with van der Waals surface area (Å²) in [6, 6.07) is 8.02. The Hall–Kier alpha value is -1.33. The van der Waals surface area contributed by atoms with Gasteiger partial charge >= 0.3 is 0 Å². The summed E-state index contributed by atoms with van der Waals surface area (Å²) in [6.07, 6.45) is 5.01. The van der Waals surface area contributed by atoms with E-state index in [4.69, 9.17) is 0 Å². The van der Waals surface area contributed by atoms with Crippen molar-refractivity contribution in [3.05, 3.63) is 36.0 Å². The van der Waals surface area contributed by atoms with Crippen LogP contribution in [-0.2, 0) is 22.5 Å².